The number of fused-ring (bicyclic) bond motifs is 1. The molecule has 8 nitrogen and oxygen atoms in total. The van der Waals surface area contributed by atoms with Crippen molar-refractivity contribution >= 4 is 29.3 Å². The van der Waals surface area contributed by atoms with Crippen molar-refractivity contribution in [3.8, 4) is 0 Å². The number of hydrogen-bond donors (Lipinski definition) is 0. The van der Waals surface area contributed by atoms with Gasteiger partial charge in [-0.1, -0.05) is 36.0 Å². The Morgan fingerprint density at radius 3 is 2.58 bits per heavy atom. The highest BCUT2D eigenvalue weighted by Gasteiger charge is 2.24. The number of carbonyl (C=O) groups is 1. The SMILES string of the molecule is Cc1cc(C)n2nc(SCc3ccccc3C(=O)N3CCN(c4ccccn4)CC3)nc2n1. The first-order valence-corrected chi connectivity index (χ1v) is 11.9. The van der Waals surface area contributed by atoms with Crippen LogP contribution in [0.5, 0.6) is 0 Å². The molecule has 3 aromatic heterocycles. The van der Waals surface area contributed by atoms with Crippen LogP contribution in [-0.2, 0) is 5.75 Å². The first-order valence-electron chi connectivity index (χ1n) is 11.0. The van der Waals surface area contributed by atoms with E-state index in [0.29, 0.717) is 29.8 Å². The number of anilines is 1. The zero-order valence-corrected chi connectivity index (χ0v) is 19.5. The number of rotatable bonds is 5. The maximum atomic E-state index is 13.3. The lowest BCUT2D eigenvalue weighted by Gasteiger charge is -2.35. The second kappa shape index (κ2) is 9.19. The molecule has 9 heteroatoms. The van der Waals surface area contributed by atoms with E-state index >= 15 is 0 Å². The van der Waals surface area contributed by atoms with Gasteiger partial charge in [0.1, 0.15) is 5.82 Å². The molecular weight excluding hydrogens is 434 g/mol. The Hall–Kier alpha value is -3.46. The van der Waals surface area contributed by atoms with Crippen LogP contribution < -0.4 is 4.90 Å². The lowest BCUT2D eigenvalue weighted by atomic mass is 10.1. The summed E-state index contributed by atoms with van der Waals surface area (Å²) in [6.45, 7) is 6.84. The summed E-state index contributed by atoms with van der Waals surface area (Å²) in [6, 6.07) is 15.7. The van der Waals surface area contributed by atoms with Gasteiger partial charge in [0.25, 0.3) is 11.7 Å². The van der Waals surface area contributed by atoms with E-state index in [4.69, 9.17) is 0 Å². The summed E-state index contributed by atoms with van der Waals surface area (Å²) in [4.78, 5) is 30.9. The van der Waals surface area contributed by atoms with Gasteiger partial charge in [0.2, 0.25) is 5.16 Å². The quantitative estimate of drug-likeness (QED) is 0.423. The fraction of sp³-hybridized carbons (Fsp3) is 0.292. The number of carbonyl (C=O) groups excluding carboxylic acids is 1. The number of benzene rings is 1. The van der Waals surface area contributed by atoms with Crippen molar-refractivity contribution in [1.82, 2.24) is 29.5 Å². The van der Waals surface area contributed by atoms with Crippen molar-refractivity contribution < 1.29 is 4.79 Å². The Balaban J connectivity index is 1.27. The van der Waals surface area contributed by atoms with Gasteiger partial charge in [0.05, 0.1) is 0 Å². The second-order valence-corrected chi connectivity index (χ2v) is 9.00. The smallest absolute Gasteiger partial charge is 0.254 e. The molecule has 0 saturated carbocycles. The zero-order valence-electron chi connectivity index (χ0n) is 18.7. The van der Waals surface area contributed by atoms with Crippen molar-refractivity contribution in [3.05, 3.63) is 77.2 Å². The van der Waals surface area contributed by atoms with Gasteiger partial charge >= 0.3 is 0 Å². The van der Waals surface area contributed by atoms with Crippen molar-refractivity contribution in [2.75, 3.05) is 31.1 Å². The third-order valence-corrected chi connectivity index (χ3v) is 6.63. The van der Waals surface area contributed by atoms with E-state index < -0.39 is 0 Å². The Kier molecular flexibility index (Phi) is 5.95. The minimum Gasteiger partial charge on any atom is -0.353 e. The van der Waals surface area contributed by atoms with Crippen LogP contribution in [0, 0.1) is 13.8 Å². The number of piperazine rings is 1. The molecule has 1 saturated heterocycles. The molecule has 1 aliphatic rings. The Labute approximate surface area is 196 Å². The molecule has 0 spiro atoms. The summed E-state index contributed by atoms with van der Waals surface area (Å²) in [7, 11) is 0. The number of aryl methyl sites for hydroxylation is 2. The highest BCUT2D eigenvalue weighted by atomic mass is 32.2. The van der Waals surface area contributed by atoms with Crippen molar-refractivity contribution in [2.24, 2.45) is 0 Å². The summed E-state index contributed by atoms with van der Waals surface area (Å²) < 4.78 is 1.76. The fourth-order valence-corrected chi connectivity index (χ4v) is 4.88. The summed E-state index contributed by atoms with van der Waals surface area (Å²) in [5, 5.41) is 5.22. The largest absolute Gasteiger partial charge is 0.353 e. The van der Waals surface area contributed by atoms with Crippen molar-refractivity contribution in [1.29, 1.82) is 0 Å². The van der Waals surface area contributed by atoms with E-state index in [9.17, 15) is 4.79 Å². The van der Waals surface area contributed by atoms with Crippen LogP contribution in [0.15, 0.2) is 59.9 Å². The topological polar surface area (TPSA) is 79.5 Å². The minimum absolute atomic E-state index is 0.0722. The lowest BCUT2D eigenvalue weighted by Crippen LogP contribution is -2.49. The Bertz CT molecular complexity index is 1280. The third-order valence-electron chi connectivity index (χ3n) is 5.74. The third kappa shape index (κ3) is 4.54. The molecule has 0 atom stereocenters. The predicted octanol–water partition coefficient (Wildman–Crippen LogP) is 3.39. The first kappa shape index (κ1) is 21.4. The van der Waals surface area contributed by atoms with Gasteiger partial charge in [0, 0.05) is 55.1 Å². The van der Waals surface area contributed by atoms with Crippen LogP contribution in [0.3, 0.4) is 0 Å². The fourth-order valence-electron chi connectivity index (χ4n) is 4.06. The van der Waals surface area contributed by atoms with E-state index in [1.165, 1.54) is 11.8 Å². The number of pyridine rings is 1. The molecule has 0 unspecified atom stereocenters. The maximum Gasteiger partial charge on any atom is 0.254 e. The molecule has 0 N–H and O–H groups in total. The number of thioether (sulfide) groups is 1. The van der Waals surface area contributed by atoms with Crippen LogP contribution in [-0.4, -0.2) is 61.6 Å². The van der Waals surface area contributed by atoms with Crippen LogP contribution in [0.2, 0.25) is 0 Å². The van der Waals surface area contributed by atoms with Crippen LogP contribution in [0.25, 0.3) is 5.78 Å². The van der Waals surface area contributed by atoms with E-state index in [-0.39, 0.29) is 5.91 Å². The summed E-state index contributed by atoms with van der Waals surface area (Å²) in [6.07, 6.45) is 1.80. The molecule has 4 heterocycles. The second-order valence-electron chi connectivity index (χ2n) is 8.06. The van der Waals surface area contributed by atoms with E-state index in [2.05, 4.69) is 25.0 Å². The normalized spacial score (nSPS) is 14.1. The Morgan fingerprint density at radius 1 is 1.00 bits per heavy atom. The molecule has 4 aromatic rings. The molecular formula is C24H25N7OS. The predicted molar refractivity (Wildman–Crippen MR) is 129 cm³/mol. The monoisotopic (exact) mass is 459 g/mol. The number of aromatic nitrogens is 5. The first-order chi connectivity index (χ1) is 16.1. The summed E-state index contributed by atoms with van der Waals surface area (Å²) in [5.41, 5.74) is 3.64. The van der Waals surface area contributed by atoms with Crippen LogP contribution >= 0.6 is 11.8 Å². The molecule has 0 aliphatic carbocycles. The average Bonchev–Trinajstić information content (AvgIpc) is 3.26. The standard InChI is InChI=1S/C24H25N7OS/c1-17-15-18(2)31-23(26-17)27-24(28-31)33-16-19-7-3-4-8-20(19)22(32)30-13-11-29(12-14-30)21-9-5-6-10-25-21/h3-10,15H,11-14,16H2,1-2H3. The molecule has 168 valence electrons. The summed E-state index contributed by atoms with van der Waals surface area (Å²) >= 11 is 1.52. The molecule has 1 aliphatic heterocycles. The van der Waals surface area contributed by atoms with Gasteiger partial charge in [-0.3, -0.25) is 4.79 Å². The van der Waals surface area contributed by atoms with E-state index in [0.717, 1.165) is 41.4 Å². The highest BCUT2D eigenvalue weighted by molar-refractivity contribution is 7.98. The molecule has 1 aromatic carbocycles. The Morgan fingerprint density at radius 2 is 1.79 bits per heavy atom. The zero-order chi connectivity index (χ0) is 22.8. The molecule has 0 radical (unpaired) electrons. The molecule has 0 bridgehead atoms. The average molecular weight is 460 g/mol. The van der Waals surface area contributed by atoms with Gasteiger partial charge < -0.3 is 9.80 Å². The molecule has 33 heavy (non-hydrogen) atoms. The summed E-state index contributed by atoms with van der Waals surface area (Å²) in [5.74, 6) is 2.25. The number of amides is 1. The molecule has 5 rings (SSSR count). The molecule has 1 amide bonds. The van der Waals surface area contributed by atoms with Crippen LogP contribution in [0.1, 0.15) is 27.3 Å². The lowest BCUT2D eigenvalue weighted by molar-refractivity contribution is 0.0745. The highest BCUT2D eigenvalue weighted by Crippen LogP contribution is 2.24. The van der Waals surface area contributed by atoms with Gasteiger partial charge in [-0.05, 0) is 43.7 Å². The van der Waals surface area contributed by atoms with Crippen LogP contribution in [0.4, 0.5) is 5.82 Å². The van der Waals surface area contributed by atoms with Gasteiger partial charge in [0.15, 0.2) is 0 Å². The maximum absolute atomic E-state index is 13.3. The van der Waals surface area contributed by atoms with Gasteiger partial charge in [-0.15, -0.1) is 5.10 Å². The molecule has 1 fully saturated rings. The van der Waals surface area contributed by atoms with Gasteiger partial charge in [-0.2, -0.15) is 4.98 Å². The van der Waals surface area contributed by atoms with Gasteiger partial charge in [-0.25, -0.2) is 14.5 Å². The number of hydrogen-bond acceptors (Lipinski definition) is 7. The van der Waals surface area contributed by atoms with Crippen molar-refractivity contribution in [2.45, 2.75) is 24.8 Å². The van der Waals surface area contributed by atoms with E-state index in [1.807, 2.05) is 67.3 Å². The number of nitrogens with zero attached hydrogens (tertiary/aromatic N) is 7. The van der Waals surface area contributed by atoms with Crippen molar-refractivity contribution in [3.63, 3.8) is 0 Å². The van der Waals surface area contributed by atoms with E-state index in [1.54, 1.807) is 10.7 Å². The minimum atomic E-state index is 0.0722.